The number of hydrogen-bond donors (Lipinski definition) is 2. The third kappa shape index (κ3) is 2.76. The molecule has 4 rings (SSSR count). The maximum absolute atomic E-state index is 12.8. The van der Waals surface area contributed by atoms with E-state index in [4.69, 9.17) is 9.15 Å². The number of oxazole rings is 1. The highest BCUT2D eigenvalue weighted by atomic mass is 16.5. The maximum atomic E-state index is 12.8. The number of amides is 1. The third-order valence-electron chi connectivity index (χ3n) is 4.61. The van der Waals surface area contributed by atoms with Gasteiger partial charge in [-0.3, -0.25) is 9.78 Å². The van der Waals surface area contributed by atoms with Crippen molar-refractivity contribution in [2.75, 3.05) is 26.0 Å². The van der Waals surface area contributed by atoms with Crippen LogP contribution in [-0.4, -0.2) is 36.5 Å². The van der Waals surface area contributed by atoms with E-state index in [2.05, 4.69) is 15.2 Å². The molecule has 26 heavy (non-hydrogen) atoms. The first-order valence-electron chi connectivity index (χ1n) is 8.40. The molecule has 1 aromatic heterocycles. The lowest BCUT2D eigenvalue weighted by atomic mass is 9.98. The lowest BCUT2D eigenvalue weighted by Crippen LogP contribution is -2.27. The van der Waals surface area contributed by atoms with Crippen LogP contribution in [0.3, 0.4) is 0 Å². The fourth-order valence-corrected chi connectivity index (χ4v) is 3.39. The van der Waals surface area contributed by atoms with Crippen molar-refractivity contribution >= 4 is 22.7 Å². The number of benzene rings is 2. The van der Waals surface area contributed by atoms with Gasteiger partial charge >= 0.3 is 5.76 Å². The van der Waals surface area contributed by atoms with Crippen LogP contribution in [0.15, 0.2) is 45.6 Å². The SMILES string of the molecule is CN(C)C1CCOc2c(NC(=O)c3cccc4oc(=O)[nH]c34)cccc21. The van der Waals surface area contributed by atoms with Crippen molar-refractivity contribution in [1.29, 1.82) is 0 Å². The molecule has 1 atom stereocenters. The standard InChI is InChI=1S/C19H19N3O4/c1-22(2)14-9-10-25-17-11(14)5-3-7-13(17)20-18(23)12-6-4-8-15-16(12)21-19(24)26-15/h3-8,14H,9-10H2,1-2H3,(H,20,23)(H,21,24). The van der Waals surface area contributed by atoms with Gasteiger partial charge < -0.3 is 19.4 Å². The van der Waals surface area contributed by atoms with Crippen molar-refractivity contribution in [1.82, 2.24) is 9.88 Å². The van der Waals surface area contributed by atoms with E-state index >= 15 is 0 Å². The quantitative estimate of drug-likeness (QED) is 0.756. The number of aromatic nitrogens is 1. The summed E-state index contributed by atoms with van der Waals surface area (Å²) >= 11 is 0. The van der Waals surface area contributed by atoms with Crippen LogP contribution < -0.4 is 15.8 Å². The van der Waals surface area contributed by atoms with E-state index in [0.29, 0.717) is 34.7 Å². The van der Waals surface area contributed by atoms with E-state index in [1.165, 1.54) is 0 Å². The molecule has 0 aliphatic carbocycles. The predicted octanol–water partition coefficient (Wildman–Crippen LogP) is 2.76. The lowest BCUT2D eigenvalue weighted by Gasteiger charge is -2.31. The number of aromatic amines is 1. The summed E-state index contributed by atoms with van der Waals surface area (Å²) in [6, 6.07) is 10.9. The number of carbonyl (C=O) groups is 1. The molecule has 0 saturated heterocycles. The molecule has 1 aliphatic rings. The Morgan fingerprint density at radius 1 is 1.23 bits per heavy atom. The topological polar surface area (TPSA) is 87.6 Å². The summed E-state index contributed by atoms with van der Waals surface area (Å²) in [5.74, 6) is -0.232. The molecule has 2 aromatic carbocycles. The number of carbonyl (C=O) groups excluding carboxylic acids is 1. The van der Waals surface area contributed by atoms with E-state index in [-0.39, 0.29) is 11.9 Å². The second-order valence-corrected chi connectivity index (χ2v) is 6.49. The zero-order chi connectivity index (χ0) is 18.3. The molecule has 2 heterocycles. The first kappa shape index (κ1) is 16.4. The van der Waals surface area contributed by atoms with Gasteiger partial charge in [0, 0.05) is 18.0 Å². The van der Waals surface area contributed by atoms with Crippen molar-refractivity contribution in [3.63, 3.8) is 0 Å². The number of fused-ring (bicyclic) bond motifs is 2. The number of nitrogens with one attached hydrogen (secondary N) is 2. The molecule has 0 bridgehead atoms. The molecule has 2 N–H and O–H groups in total. The monoisotopic (exact) mass is 353 g/mol. The van der Waals surface area contributed by atoms with Crippen molar-refractivity contribution in [2.45, 2.75) is 12.5 Å². The van der Waals surface area contributed by atoms with E-state index in [0.717, 1.165) is 12.0 Å². The van der Waals surface area contributed by atoms with Crippen molar-refractivity contribution in [3.8, 4) is 5.75 Å². The molecular formula is C19H19N3O4. The molecule has 7 heteroatoms. The first-order valence-corrected chi connectivity index (χ1v) is 8.40. The predicted molar refractivity (Wildman–Crippen MR) is 97.8 cm³/mol. The smallest absolute Gasteiger partial charge is 0.417 e. The third-order valence-corrected chi connectivity index (χ3v) is 4.61. The Kier molecular flexibility index (Phi) is 4.00. The van der Waals surface area contributed by atoms with Crippen LogP contribution in [0.2, 0.25) is 0 Å². The van der Waals surface area contributed by atoms with E-state index in [1.807, 2.05) is 32.3 Å². The van der Waals surface area contributed by atoms with Gasteiger partial charge in [-0.15, -0.1) is 0 Å². The highest BCUT2D eigenvalue weighted by molar-refractivity contribution is 6.11. The number of H-pyrrole nitrogens is 1. The van der Waals surface area contributed by atoms with Crippen LogP contribution in [0.5, 0.6) is 5.75 Å². The summed E-state index contributed by atoms with van der Waals surface area (Å²) in [4.78, 5) is 28.9. The van der Waals surface area contributed by atoms with Crippen molar-refractivity contribution in [2.24, 2.45) is 0 Å². The Morgan fingerprint density at radius 3 is 2.85 bits per heavy atom. The maximum Gasteiger partial charge on any atom is 0.417 e. The number of rotatable bonds is 3. The van der Waals surface area contributed by atoms with E-state index in [1.54, 1.807) is 18.2 Å². The van der Waals surface area contributed by atoms with Gasteiger partial charge in [0.05, 0.1) is 23.4 Å². The summed E-state index contributed by atoms with van der Waals surface area (Å²) in [6.07, 6.45) is 0.896. The number of nitrogens with zero attached hydrogens (tertiary/aromatic N) is 1. The van der Waals surface area contributed by atoms with Gasteiger partial charge in [0.2, 0.25) is 0 Å². The summed E-state index contributed by atoms with van der Waals surface area (Å²) in [5, 5.41) is 2.90. The number of hydrogen-bond acceptors (Lipinski definition) is 5. The van der Waals surface area contributed by atoms with Crippen LogP contribution in [0.4, 0.5) is 5.69 Å². The molecule has 0 fully saturated rings. The lowest BCUT2D eigenvalue weighted by molar-refractivity contribution is 0.102. The Hall–Kier alpha value is -3.06. The summed E-state index contributed by atoms with van der Waals surface area (Å²) < 4.78 is 10.9. The number of ether oxygens (including phenoxy) is 1. The van der Waals surface area contributed by atoms with Gasteiger partial charge in [0.1, 0.15) is 5.75 Å². The Labute approximate surface area is 149 Å². The van der Waals surface area contributed by atoms with Gasteiger partial charge in [-0.1, -0.05) is 18.2 Å². The van der Waals surface area contributed by atoms with Crippen LogP contribution in [0, 0.1) is 0 Å². The highest BCUT2D eigenvalue weighted by Gasteiger charge is 2.26. The summed E-state index contributed by atoms with van der Waals surface area (Å²) in [6.45, 7) is 0.591. The molecule has 1 amide bonds. The largest absolute Gasteiger partial charge is 0.491 e. The molecule has 134 valence electrons. The molecular weight excluding hydrogens is 334 g/mol. The molecule has 0 spiro atoms. The second kappa shape index (κ2) is 6.34. The average Bonchev–Trinajstić information content (AvgIpc) is 3.01. The Bertz CT molecular complexity index is 1030. The molecule has 0 saturated carbocycles. The van der Waals surface area contributed by atoms with Crippen molar-refractivity contribution in [3.05, 3.63) is 58.1 Å². The van der Waals surface area contributed by atoms with Crippen LogP contribution in [0.1, 0.15) is 28.4 Å². The zero-order valence-corrected chi connectivity index (χ0v) is 14.5. The van der Waals surface area contributed by atoms with Gasteiger partial charge in [0.15, 0.2) is 5.58 Å². The normalized spacial score (nSPS) is 16.3. The zero-order valence-electron chi connectivity index (χ0n) is 14.5. The Morgan fingerprint density at radius 2 is 2.04 bits per heavy atom. The minimum absolute atomic E-state index is 0.240. The van der Waals surface area contributed by atoms with Crippen molar-refractivity contribution < 1.29 is 13.9 Å². The van der Waals surface area contributed by atoms with Gasteiger partial charge in [0.25, 0.3) is 5.91 Å². The fourth-order valence-electron chi connectivity index (χ4n) is 3.39. The molecule has 0 radical (unpaired) electrons. The Balaban J connectivity index is 1.70. The minimum Gasteiger partial charge on any atom is -0.491 e. The molecule has 7 nitrogen and oxygen atoms in total. The molecule has 3 aromatic rings. The van der Waals surface area contributed by atoms with Crippen LogP contribution in [-0.2, 0) is 0 Å². The van der Waals surface area contributed by atoms with Gasteiger partial charge in [-0.05, 0) is 32.3 Å². The number of anilines is 1. The fraction of sp³-hybridized carbons (Fsp3) is 0.263. The van der Waals surface area contributed by atoms with Crippen LogP contribution in [0.25, 0.3) is 11.1 Å². The first-order chi connectivity index (χ1) is 12.5. The van der Waals surface area contributed by atoms with Crippen LogP contribution >= 0.6 is 0 Å². The van der Waals surface area contributed by atoms with Gasteiger partial charge in [-0.25, -0.2) is 4.79 Å². The summed E-state index contributed by atoms with van der Waals surface area (Å²) in [7, 11) is 4.06. The highest BCUT2D eigenvalue weighted by Crippen LogP contribution is 2.40. The minimum atomic E-state index is -0.588. The van der Waals surface area contributed by atoms with E-state index in [9.17, 15) is 9.59 Å². The molecule has 1 aliphatic heterocycles. The van der Waals surface area contributed by atoms with Gasteiger partial charge in [-0.2, -0.15) is 0 Å². The number of para-hydroxylation sites is 2. The van der Waals surface area contributed by atoms with E-state index < -0.39 is 5.76 Å². The average molecular weight is 353 g/mol. The second-order valence-electron chi connectivity index (χ2n) is 6.49. The summed E-state index contributed by atoms with van der Waals surface area (Å²) in [5.41, 5.74) is 2.73. The molecule has 1 unspecified atom stereocenters.